The van der Waals surface area contributed by atoms with E-state index in [0.717, 1.165) is 11.1 Å². The number of aliphatic carboxylic acids is 1. The smallest absolute Gasteiger partial charge is 0.371 e. The maximum absolute atomic E-state index is 11.9. The number of rotatable bonds is 7. The minimum Gasteiger partial charge on any atom is -0.475 e. The molecule has 0 spiro atoms. The van der Waals surface area contributed by atoms with Crippen molar-refractivity contribution in [1.29, 1.82) is 0 Å². The Morgan fingerprint density at radius 3 is 2.18 bits per heavy atom. The zero-order valence-corrected chi connectivity index (χ0v) is 19.5. The summed E-state index contributed by atoms with van der Waals surface area (Å²) in [5.41, 5.74) is 7.45. The molecule has 1 heterocycles. The number of nitrogens with zero attached hydrogens (tertiary/aromatic N) is 1. The molecule has 0 aromatic heterocycles. The normalized spacial score (nSPS) is 15.9. The van der Waals surface area contributed by atoms with Crippen LogP contribution >= 0.6 is 0 Å². The molecule has 1 atom stereocenters. The SMILES string of the molecule is CC(CN1C[C@H](N)C1=O)=C(OC(=O)Cc1ccccc1)C(=O)O.Cc1ccc(S(=O)(=O)O)cc1. The van der Waals surface area contributed by atoms with Gasteiger partial charge in [-0.25, -0.2) is 4.79 Å². The molecule has 0 aliphatic carbocycles. The van der Waals surface area contributed by atoms with Crippen molar-refractivity contribution in [2.24, 2.45) is 5.73 Å². The number of carbonyl (C=O) groups is 3. The number of hydrogen-bond acceptors (Lipinski definition) is 7. The molecular formula is C23H26N2O8S. The second-order valence-corrected chi connectivity index (χ2v) is 9.09. The first kappa shape index (κ1) is 26.7. The first-order chi connectivity index (χ1) is 15.9. The van der Waals surface area contributed by atoms with Gasteiger partial charge in [-0.15, -0.1) is 0 Å². The third-order valence-electron chi connectivity index (χ3n) is 4.78. The van der Waals surface area contributed by atoms with Gasteiger partial charge in [-0.05, 0) is 37.1 Å². The number of esters is 1. The summed E-state index contributed by atoms with van der Waals surface area (Å²) in [6.07, 6.45) is -0.0293. The first-order valence-corrected chi connectivity index (χ1v) is 11.6. The highest BCUT2D eigenvalue weighted by Gasteiger charge is 2.34. The molecule has 182 valence electrons. The minimum absolute atomic E-state index is 0.0293. The molecule has 11 heteroatoms. The zero-order chi connectivity index (χ0) is 25.5. The number of nitrogens with two attached hydrogens (primary N) is 1. The van der Waals surface area contributed by atoms with Crippen LogP contribution in [0.4, 0.5) is 0 Å². The van der Waals surface area contributed by atoms with E-state index in [1.807, 2.05) is 13.0 Å². The summed E-state index contributed by atoms with van der Waals surface area (Å²) in [6.45, 7) is 3.79. The topological polar surface area (TPSA) is 164 Å². The number of carboxylic acids is 1. The van der Waals surface area contributed by atoms with Crippen molar-refractivity contribution in [2.75, 3.05) is 13.1 Å². The van der Waals surface area contributed by atoms with Gasteiger partial charge in [-0.1, -0.05) is 48.0 Å². The van der Waals surface area contributed by atoms with Crippen LogP contribution in [-0.2, 0) is 35.7 Å². The Kier molecular flexibility index (Phi) is 9.07. The van der Waals surface area contributed by atoms with Gasteiger partial charge in [0.2, 0.25) is 11.7 Å². The molecule has 0 bridgehead atoms. The lowest BCUT2D eigenvalue weighted by Gasteiger charge is -2.36. The number of likely N-dealkylation sites (tertiary alicyclic amines) is 1. The molecule has 10 nitrogen and oxygen atoms in total. The highest BCUT2D eigenvalue weighted by Crippen LogP contribution is 2.15. The molecule has 1 fully saturated rings. The Bertz CT molecular complexity index is 1180. The van der Waals surface area contributed by atoms with E-state index in [2.05, 4.69) is 0 Å². The van der Waals surface area contributed by atoms with Gasteiger partial charge < -0.3 is 20.5 Å². The van der Waals surface area contributed by atoms with Crippen LogP contribution in [0.25, 0.3) is 0 Å². The number of aryl methyl sites for hydroxylation is 1. The van der Waals surface area contributed by atoms with Crippen LogP contribution < -0.4 is 5.73 Å². The van der Waals surface area contributed by atoms with Crippen molar-refractivity contribution in [2.45, 2.75) is 31.2 Å². The lowest BCUT2D eigenvalue weighted by molar-refractivity contribution is -0.148. The Morgan fingerprint density at radius 2 is 1.71 bits per heavy atom. The Balaban J connectivity index is 0.000000310. The van der Waals surface area contributed by atoms with Crippen molar-refractivity contribution < 1.29 is 37.2 Å². The van der Waals surface area contributed by atoms with Crippen LogP contribution in [0, 0.1) is 6.92 Å². The molecule has 3 rings (SSSR count). The Labute approximate surface area is 197 Å². The average Bonchev–Trinajstić information content (AvgIpc) is 2.77. The molecule has 2 aromatic rings. The third kappa shape index (κ3) is 7.80. The molecule has 1 amide bonds. The number of β-lactam (4-membered cyclic amide) rings is 1. The number of amides is 1. The van der Waals surface area contributed by atoms with Crippen molar-refractivity contribution in [3.8, 4) is 0 Å². The van der Waals surface area contributed by atoms with Crippen LogP contribution in [0.5, 0.6) is 0 Å². The van der Waals surface area contributed by atoms with E-state index in [9.17, 15) is 27.9 Å². The first-order valence-electron chi connectivity index (χ1n) is 10.1. The quantitative estimate of drug-likeness (QED) is 0.172. The van der Waals surface area contributed by atoms with Crippen LogP contribution in [0.15, 0.2) is 70.8 Å². The Hall–Kier alpha value is -3.54. The summed E-state index contributed by atoms with van der Waals surface area (Å²) in [4.78, 5) is 36.0. The number of carboxylic acid groups (broad SMARTS) is 1. The molecule has 1 aliphatic rings. The fourth-order valence-electron chi connectivity index (χ4n) is 2.96. The second-order valence-electron chi connectivity index (χ2n) is 7.66. The predicted molar refractivity (Wildman–Crippen MR) is 122 cm³/mol. The zero-order valence-electron chi connectivity index (χ0n) is 18.7. The van der Waals surface area contributed by atoms with Crippen LogP contribution in [0.2, 0.25) is 0 Å². The molecule has 0 radical (unpaired) electrons. The second kappa shape index (κ2) is 11.5. The highest BCUT2D eigenvalue weighted by atomic mass is 32.2. The van der Waals surface area contributed by atoms with Gasteiger partial charge in [0.1, 0.15) is 6.04 Å². The standard InChI is InChI=1S/C16H18N2O5.C7H8O3S/c1-10(8-18-9-12(17)15(18)20)14(16(21)22)23-13(19)7-11-5-3-2-4-6-11;1-6-2-4-7(5-3-6)11(8,9)10/h2-6,12H,7-9,17H2,1H3,(H,21,22);2-5H,1H3,(H,8,9,10)/t12-;/m0./s1. The van der Waals surface area contributed by atoms with Crippen molar-refractivity contribution in [3.05, 3.63) is 77.1 Å². The van der Waals surface area contributed by atoms with E-state index in [1.165, 1.54) is 24.0 Å². The monoisotopic (exact) mass is 490 g/mol. The van der Waals surface area contributed by atoms with Crippen LogP contribution in [0.3, 0.4) is 0 Å². The van der Waals surface area contributed by atoms with Gasteiger partial charge in [-0.2, -0.15) is 8.42 Å². The van der Waals surface area contributed by atoms with Gasteiger partial charge in [0.05, 0.1) is 11.3 Å². The Morgan fingerprint density at radius 1 is 1.12 bits per heavy atom. The van der Waals surface area contributed by atoms with E-state index in [-0.39, 0.29) is 23.8 Å². The molecular weight excluding hydrogens is 464 g/mol. The summed E-state index contributed by atoms with van der Waals surface area (Å²) >= 11 is 0. The fraction of sp³-hybridized carbons (Fsp3) is 0.261. The summed E-state index contributed by atoms with van der Waals surface area (Å²) in [5.74, 6) is -2.70. The minimum atomic E-state index is -4.02. The van der Waals surface area contributed by atoms with Gasteiger partial charge in [-0.3, -0.25) is 14.1 Å². The molecule has 4 N–H and O–H groups in total. The number of hydrogen-bond donors (Lipinski definition) is 3. The van der Waals surface area contributed by atoms with Gasteiger partial charge >= 0.3 is 11.9 Å². The van der Waals surface area contributed by atoms with Crippen molar-refractivity contribution in [3.63, 3.8) is 0 Å². The van der Waals surface area contributed by atoms with Crippen molar-refractivity contribution in [1.82, 2.24) is 4.90 Å². The molecule has 1 aliphatic heterocycles. The molecule has 2 aromatic carbocycles. The summed E-state index contributed by atoms with van der Waals surface area (Å²) in [5, 5.41) is 9.22. The number of carbonyl (C=O) groups excluding carboxylic acids is 2. The number of benzene rings is 2. The predicted octanol–water partition coefficient (Wildman–Crippen LogP) is 1.54. The average molecular weight is 491 g/mol. The summed E-state index contributed by atoms with van der Waals surface area (Å²) in [6, 6.07) is 14.3. The maximum atomic E-state index is 11.9. The van der Waals surface area contributed by atoms with Crippen LogP contribution in [0.1, 0.15) is 18.1 Å². The molecule has 0 unspecified atom stereocenters. The fourth-order valence-corrected chi connectivity index (χ4v) is 3.44. The molecule has 0 saturated carbocycles. The van der Waals surface area contributed by atoms with E-state index in [1.54, 1.807) is 36.4 Å². The van der Waals surface area contributed by atoms with Gasteiger partial charge in [0.15, 0.2) is 0 Å². The highest BCUT2D eigenvalue weighted by molar-refractivity contribution is 7.85. The molecule has 1 saturated heterocycles. The maximum Gasteiger partial charge on any atom is 0.371 e. The van der Waals surface area contributed by atoms with Gasteiger partial charge in [0, 0.05) is 13.1 Å². The van der Waals surface area contributed by atoms with E-state index in [0.29, 0.717) is 12.1 Å². The number of ether oxygens (including phenoxy) is 1. The van der Waals surface area contributed by atoms with E-state index in [4.69, 9.17) is 15.0 Å². The molecule has 34 heavy (non-hydrogen) atoms. The lowest BCUT2D eigenvalue weighted by Crippen LogP contribution is -2.61. The van der Waals surface area contributed by atoms with Gasteiger partial charge in [0.25, 0.3) is 10.1 Å². The third-order valence-corrected chi connectivity index (χ3v) is 5.65. The largest absolute Gasteiger partial charge is 0.475 e. The van der Waals surface area contributed by atoms with E-state index < -0.39 is 33.9 Å². The van der Waals surface area contributed by atoms with E-state index >= 15 is 0 Å². The van der Waals surface area contributed by atoms with Crippen LogP contribution in [-0.4, -0.2) is 60.0 Å². The summed E-state index contributed by atoms with van der Waals surface area (Å²) < 4.78 is 34.5. The summed E-state index contributed by atoms with van der Waals surface area (Å²) in [7, 11) is -4.02. The lowest BCUT2D eigenvalue weighted by atomic mass is 10.1. The van der Waals surface area contributed by atoms with Crippen molar-refractivity contribution >= 4 is 28.0 Å².